The molecule has 19 heavy (non-hydrogen) atoms. The van der Waals surface area contributed by atoms with Crippen LogP contribution in [0.3, 0.4) is 0 Å². The first-order valence-electron chi connectivity index (χ1n) is 6.20. The Balaban J connectivity index is 1.91. The third kappa shape index (κ3) is 3.93. The van der Waals surface area contributed by atoms with Crippen LogP contribution < -0.4 is 10.1 Å². The molecule has 5 heteroatoms. The molecule has 0 atom stereocenters. The number of hydrogen-bond acceptors (Lipinski definition) is 5. The minimum absolute atomic E-state index is 0.168. The lowest BCUT2D eigenvalue weighted by Crippen LogP contribution is -2.13. The lowest BCUT2D eigenvalue weighted by Gasteiger charge is -2.09. The van der Waals surface area contributed by atoms with Gasteiger partial charge in [-0.3, -0.25) is 0 Å². The van der Waals surface area contributed by atoms with Gasteiger partial charge in [-0.15, -0.1) is 0 Å². The van der Waals surface area contributed by atoms with E-state index in [1.165, 1.54) is 6.33 Å². The first-order valence-corrected chi connectivity index (χ1v) is 6.20. The molecule has 100 valence electrons. The van der Waals surface area contributed by atoms with Crippen LogP contribution in [0.5, 0.6) is 11.5 Å². The van der Waals surface area contributed by atoms with Crippen LogP contribution in [0.2, 0.25) is 0 Å². The van der Waals surface area contributed by atoms with Gasteiger partial charge in [0.15, 0.2) is 11.5 Å². The van der Waals surface area contributed by atoms with Crippen LogP contribution in [0.25, 0.3) is 0 Å². The Morgan fingerprint density at radius 1 is 1.26 bits per heavy atom. The maximum Gasteiger partial charge on any atom is 0.161 e. The Morgan fingerprint density at radius 3 is 2.89 bits per heavy atom. The smallest absolute Gasteiger partial charge is 0.161 e. The molecule has 0 saturated carbocycles. The van der Waals surface area contributed by atoms with Crippen molar-refractivity contribution in [3.63, 3.8) is 0 Å². The van der Waals surface area contributed by atoms with Gasteiger partial charge in [0.05, 0.1) is 12.3 Å². The SMILES string of the molecule is CCOc1cc(CNCc2ccncn2)ccc1O. The Kier molecular flexibility index (Phi) is 4.69. The number of benzene rings is 1. The predicted molar refractivity (Wildman–Crippen MR) is 71.9 cm³/mol. The molecule has 0 aliphatic rings. The van der Waals surface area contributed by atoms with Gasteiger partial charge >= 0.3 is 0 Å². The monoisotopic (exact) mass is 259 g/mol. The molecule has 0 saturated heterocycles. The summed E-state index contributed by atoms with van der Waals surface area (Å²) >= 11 is 0. The van der Waals surface area contributed by atoms with Gasteiger partial charge in [-0.05, 0) is 30.7 Å². The molecule has 5 nitrogen and oxygen atoms in total. The Morgan fingerprint density at radius 2 is 2.16 bits per heavy atom. The maximum atomic E-state index is 9.61. The summed E-state index contributed by atoms with van der Waals surface area (Å²) in [5.74, 6) is 0.685. The van der Waals surface area contributed by atoms with E-state index in [0.717, 1.165) is 11.3 Å². The molecule has 0 amide bonds. The highest BCUT2D eigenvalue weighted by atomic mass is 16.5. The third-order valence-electron chi connectivity index (χ3n) is 2.60. The zero-order chi connectivity index (χ0) is 13.5. The number of hydrogen-bond donors (Lipinski definition) is 2. The van der Waals surface area contributed by atoms with Gasteiger partial charge in [-0.25, -0.2) is 9.97 Å². The fourth-order valence-electron chi connectivity index (χ4n) is 1.70. The van der Waals surface area contributed by atoms with Gasteiger partial charge in [0.2, 0.25) is 0 Å². The molecular weight excluding hydrogens is 242 g/mol. The molecule has 0 fully saturated rings. The second kappa shape index (κ2) is 6.70. The quantitative estimate of drug-likeness (QED) is 0.829. The molecule has 0 radical (unpaired) electrons. The Hall–Kier alpha value is -2.14. The summed E-state index contributed by atoms with van der Waals surface area (Å²) in [6.07, 6.45) is 3.25. The zero-order valence-electron chi connectivity index (χ0n) is 10.8. The Bertz CT molecular complexity index is 517. The van der Waals surface area contributed by atoms with E-state index in [0.29, 0.717) is 25.4 Å². The molecule has 0 unspecified atom stereocenters. The number of aromatic hydroxyl groups is 1. The fraction of sp³-hybridized carbons (Fsp3) is 0.286. The average molecular weight is 259 g/mol. The number of phenols is 1. The second-order valence-corrected chi connectivity index (χ2v) is 4.04. The number of rotatable bonds is 6. The lowest BCUT2D eigenvalue weighted by atomic mass is 10.2. The largest absolute Gasteiger partial charge is 0.504 e. The van der Waals surface area contributed by atoms with Crippen molar-refractivity contribution in [1.82, 2.24) is 15.3 Å². The molecular formula is C14H17N3O2. The Labute approximate surface area is 112 Å². The summed E-state index contributed by atoms with van der Waals surface area (Å²) < 4.78 is 5.34. The molecule has 1 aromatic heterocycles. The number of nitrogens with one attached hydrogen (secondary N) is 1. The highest BCUT2D eigenvalue weighted by Crippen LogP contribution is 2.26. The summed E-state index contributed by atoms with van der Waals surface area (Å²) in [6, 6.07) is 7.22. The molecule has 2 aromatic rings. The van der Waals surface area contributed by atoms with Crippen molar-refractivity contribution in [2.75, 3.05) is 6.61 Å². The van der Waals surface area contributed by atoms with E-state index in [9.17, 15) is 5.11 Å². The first-order chi connectivity index (χ1) is 9.29. The normalized spacial score (nSPS) is 10.4. The van der Waals surface area contributed by atoms with Gasteiger partial charge in [0.25, 0.3) is 0 Å². The molecule has 1 heterocycles. The molecule has 0 aliphatic heterocycles. The molecule has 2 rings (SSSR count). The third-order valence-corrected chi connectivity index (χ3v) is 2.60. The van der Waals surface area contributed by atoms with E-state index in [1.807, 2.05) is 25.1 Å². The average Bonchev–Trinajstić information content (AvgIpc) is 2.44. The topological polar surface area (TPSA) is 67.3 Å². The summed E-state index contributed by atoms with van der Waals surface area (Å²) in [7, 11) is 0. The van der Waals surface area contributed by atoms with Crippen molar-refractivity contribution in [1.29, 1.82) is 0 Å². The van der Waals surface area contributed by atoms with Crippen molar-refractivity contribution in [3.8, 4) is 11.5 Å². The van der Waals surface area contributed by atoms with Gasteiger partial charge in [-0.2, -0.15) is 0 Å². The van der Waals surface area contributed by atoms with Gasteiger partial charge in [-0.1, -0.05) is 6.07 Å². The van der Waals surface area contributed by atoms with Crippen LogP contribution in [0, 0.1) is 0 Å². The van der Waals surface area contributed by atoms with Gasteiger partial charge in [0.1, 0.15) is 6.33 Å². The van der Waals surface area contributed by atoms with E-state index in [2.05, 4.69) is 15.3 Å². The van der Waals surface area contributed by atoms with Gasteiger partial charge in [0, 0.05) is 19.3 Å². The van der Waals surface area contributed by atoms with Crippen molar-refractivity contribution in [2.24, 2.45) is 0 Å². The minimum Gasteiger partial charge on any atom is -0.504 e. The zero-order valence-corrected chi connectivity index (χ0v) is 10.8. The van der Waals surface area contributed by atoms with Crippen molar-refractivity contribution in [2.45, 2.75) is 20.0 Å². The van der Waals surface area contributed by atoms with E-state index in [-0.39, 0.29) is 5.75 Å². The van der Waals surface area contributed by atoms with Crippen molar-refractivity contribution < 1.29 is 9.84 Å². The fourth-order valence-corrected chi connectivity index (χ4v) is 1.70. The van der Waals surface area contributed by atoms with Crippen LogP contribution >= 0.6 is 0 Å². The number of ether oxygens (including phenoxy) is 1. The molecule has 1 aromatic carbocycles. The van der Waals surface area contributed by atoms with E-state index in [4.69, 9.17) is 4.74 Å². The summed E-state index contributed by atoms with van der Waals surface area (Å²) in [4.78, 5) is 8.00. The van der Waals surface area contributed by atoms with Crippen LogP contribution in [-0.2, 0) is 13.1 Å². The first kappa shape index (κ1) is 13.3. The van der Waals surface area contributed by atoms with Crippen LogP contribution in [0.1, 0.15) is 18.2 Å². The highest BCUT2D eigenvalue weighted by Gasteiger charge is 2.03. The molecule has 0 aliphatic carbocycles. The van der Waals surface area contributed by atoms with Crippen LogP contribution in [0.4, 0.5) is 0 Å². The standard InChI is InChI=1S/C14H17N3O2/c1-2-19-14-7-11(3-4-13(14)18)8-16-9-12-5-6-15-10-17-12/h3-7,10,16,18H,2,8-9H2,1H3. The van der Waals surface area contributed by atoms with E-state index < -0.39 is 0 Å². The number of aromatic nitrogens is 2. The predicted octanol–water partition coefficient (Wildman–Crippen LogP) is 1.87. The maximum absolute atomic E-state index is 9.61. The minimum atomic E-state index is 0.168. The van der Waals surface area contributed by atoms with Crippen molar-refractivity contribution in [3.05, 3.63) is 48.0 Å². The van der Waals surface area contributed by atoms with Crippen molar-refractivity contribution >= 4 is 0 Å². The summed E-state index contributed by atoms with van der Waals surface area (Å²) in [5.41, 5.74) is 1.99. The second-order valence-electron chi connectivity index (χ2n) is 4.04. The van der Waals surface area contributed by atoms with Crippen LogP contribution in [0.15, 0.2) is 36.8 Å². The lowest BCUT2D eigenvalue weighted by molar-refractivity contribution is 0.317. The van der Waals surface area contributed by atoms with Gasteiger partial charge < -0.3 is 15.2 Å². The highest BCUT2D eigenvalue weighted by molar-refractivity contribution is 5.41. The molecule has 2 N–H and O–H groups in total. The molecule has 0 spiro atoms. The van der Waals surface area contributed by atoms with E-state index >= 15 is 0 Å². The van der Waals surface area contributed by atoms with Crippen LogP contribution in [-0.4, -0.2) is 21.7 Å². The molecule has 0 bridgehead atoms. The summed E-state index contributed by atoms with van der Waals surface area (Å²) in [6.45, 7) is 3.78. The number of phenolic OH excluding ortho intramolecular Hbond substituents is 1. The number of nitrogens with zero attached hydrogens (tertiary/aromatic N) is 2. The van der Waals surface area contributed by atoms with E-state index in [1.54, 1.807) is 12.3 Å². The summed E-state index contributed by atoms with van der Waals surface area (Å²) in [5, 5.41) is 12.9.